The Labute approximate surface area is 190 Å². The molecule has 4 heterocycles. The first-order valence-electron chi connectivity index (χ1n) is 10.4. The Morgan fingerprint density at radius 2 is 1.94 bits per heavy atom. The predicted molar refractivity (Wildman–Crippen MR) is 117 cm³/mol. The second-order valence-electron chi connectivity index (χ2n) is 7.24. The first-order valence-corrected chi connectivity index (χ1v) is 11.4. The number of nitrogens with zero attached hydrogens (tertiary/aromatic N) is 6. The van der Waals surface area contributed by atoms with Crippen LogP contribution in [0.25, 0.3) is 0 Å². The van der Waals surface area contributed by atoms with E-state index in [2.05, 4.69) is 30.4 Å². The number of carbonyl (C=O) groups excluding carboxylic acids is 1. The number of aromatic nitrogens is 5. The maximum atomic E-state index is 12.5. The van der Waals surface area contributed by atoms with Crippen molar-refractivity contribution in [3.63, 3.8) is 0 Å². The zero-order chi connectivity index (χ0) is 22.3. The second-order valence-corrected chi connectivity index (χ2v) is 8.18. The highest BCUT2D eigenvalue weighted by molar-refractivity contribution is 7.99. The minimum absolute atomic E-state index is 0.113. The van der Waals surface area contributed by atoms with Gasteiger partial charge in [0, 0.05) is 19.7 Å². The summed E-state index contributed by atoms with van der Waals surface area (Å²) >= 11 is 1.31. The van der Waals surface area contributed by atoms with Crippen LogP contribution in [0.5, 0.6) is 11.8 Å². The van der Waals surface area contributed by atoms with Gasteiger partial charge in [0.1, 0.15) is 0 Å². The van der Waals surface area contributed by atoms with Crippen LogP contribution in [0.4, 0.5) is 11.9 Å². The minimum atomic E-state index is -0.273. The van der Waals surface area contributed by atoms with Crippen LogP contribution in [-0.4, -0.2) is 89.6 Å². The number of methoxy groups -OCH3 is 2. The Balaban J connectivity index is 1.43. The molecular formula is C19H27N7O5S. The summed E-state index contributed by atoms with van der Waals surface area (Å²) in [7, 11) is 2.96. The van der Waals surface area contributed by atoms with Crippen molar-refractivity contribution in [2.24, 2.45) is 0 Å². The molecular weight excluding hydrogens is 438 g/mol. The summed E-state index contributed by atoms with van der Waals surface area (Å²) in [6.45, 7) is 4.24. The number of thioether (sulfide) groups is 1. The number of rotatable bonds is 9. The molecule has 1 atom stereocenters. The van der Waals surface area contributed by atoms with Gasteiger partial charge in [0.2, 0.25) is 29.6 Å². The molecule has 0 spiro atoms. The normalized spacial score (nSPS) is 18.6. The highest BCUT2D eigenvalue weighted by atomic mass is 32.2. The van der Waals surface area contributed by atoms with Gasteiger partial charge in [-0.15, -0.1) is 10.2 Å². The van der Waals surface area contributed by atoms with E-state index in [1.165, 1.54) is 32.0 Å². The van der Waals surface area contributed by atoms with Crippen LogP contribution in [0.2, 0.25) is 0 Å². The predicted octanol–water partition coefficient (Wildman–Crippen LogP) is 0.832. The SMILES string of the molecule is COc1cc(OC)nc(NC(=O)CSc2nnc(N3CCOCC3)n2CC2CCCO2)n1. The number of hydrogen-bond donors (Lipinski definition) is 1. The van der Waals surface area contributed by atoms with Crippen LogP contribution >= 0.6 is 11.8 Å². The first-order chi connectivity index (χ1) is 15.7. The van der Waals surface area contributed by atoms with E-state index in [9.17, 15) is 4.79 Å². The summed E-state index contributed by atoms with van der Waals surface area (Å²) in [5.74, 6) is 1.34. The number of ether oxygens (including phenoxy) is 4. The number of amides is 1. The van der Waals surface area contributed by atoms with Gasteiger partial charge in [-0.2, -0.15) is 9.97 Å². The van der Waals surface area contributed by atoms with Crippen molar-refractivity contribution in [3.05, 3.63) is 6.07 Å². The van der Waals surface area contributed by atoms with Crippen LogP contribution in [0.3, 0.4) is 0 Å². The van der Waals surface area contributed by atoms with E-state index < -0.39 is 0 Å². The van der Waals surface area contributed by atoms with E-state index in [-0.39, 0.29) is 23.7 Å². The molecule has 2 aromatic rings. The van der Waals surface area contributed by atoms with Crippen molar-refractivity contribution in [1.82, 2.24) is 24.7 Å². The lowest BCUT2D eigenvalue weighted by Gasteiger charge is -2.28. The number of morpholine rings is 1. The van der Waals surface area contributed by atoms with Crippen molar-refractivity contribution in [2.45, 2.75) is 30.6 Å². The minimum Gasteiger partial charge on any atom is -0.481 e. The average Bonchev–Trinajstić information content (AvgIpc) is 3.48. The number of anilines is 2. The molecule has 1 N–H and O–H groups in total. The third-order valence-corrected chi connectivity index (χ3v) is 6.05. The largest absolute Gasteiger partial charge is 0.481 e. The summed E-state index contributed by atoms with van der Waals surface area (Å²) in [5.41, 5.74) is 0. The molecule has 0 saturated carbocycles. The molecule has 13 heteroatoms. The zero-order valence-corrected chi connectivity index (χ0v) is 19.0. The fourth-order valence-electron chi connectivity index (χ4n) is 3.50. The summed E-state index contributed by atoms with van der Waals surface area (Å²) in [6.07, 6.45) is 2.17. The topological polar surface area (TPSA) is 126 Å². The van der Waals surface area contributed by atoms with Gasteiger partial charge in [-0.3, -0.25) is 14.7 Å². The molecule has 0 aromatic carbocycles. The van der Waals surface area contributed by atoms with Crippen molar-refractivity contribution >= 4 is 29.6 Å². The smallest absolute Gasteiger partial charge is 0.237 e. The summed E-state index contributed by atoms with van der Waals surface area (Å²) in [6, 6.07) is 1.53. The standard InChI is InChI=1S/C19H27N7O5S/c1-28-15-10-16(29-2)22-17(21-15)20-14(27)12-32-19-24-23-18(25-5-8-30-9-6-25)26(19)11-13-4-3-7-31-13/h10,13H,3-9,11-12H2,1-2H3,(H,20,21,22,27). The van der Waals surface area contributed by atoms with E-state index in [1.54, 1.807) is 0 Å². The molecule has 174 valence electrons. The van der Waals surface area contributed by atoms with Crippen molar-refractivity contribution in [2.75, 3.05) is 63.1 Å². The molecule has 4 rings (SSSR count). The molecule has 2 fully saturated rings. The fourth-order valence-corrected chi connectivity index (χ4v) is 4.24. The summed E-state index contributed by atoms with van der Waals surface area (Å²) in [5, 5.41) is 12.1. The zero-order valence-electron chi connectivity index (χ0n) is 18.2. The molecule has 0 bridgehead atoms. The van der Waals surface area contributed by atoms with E-state index in [0.29, 0.717) is 36.7 Å². The Morgan fingerprint density at radius 1 is 1.19 bits per heavy atom. The van der Waals surface area contributed by atoms with Crippen LogP contribution in [0, 0.1) is 0 Å². The average molecular weight is 466 g/mol. The Kier molecular flexibility index (Phi) is 7.60. The molecule has 0 aliphatic carbocycles. The molecule has 2 aliphatic heterocycles. The lowest BCUT2D eigenvalue weighted by molar-refractivity contribution is -0.113. The number of nitrogens with one attached hydrogen (secondary N) is 1. The number of carbonyl (C=O) groups is 1. The van der Waals surface area contributed by atoms with Gasteiger partial charge >= 0.3 is 0 Å². The van der Waals surface area contributed by atoms with Gasteiger partial charge in [0.25, 0.3) is 0 Å². The molecule has 1 unspecified atom stereocenters. The van der Waals surface area contributed by atoms with Gasteiger partial charge in [0.15, 0.2) is 5.16 Å². The van der Waals surface area contributed by atoms with Gasteiger partial charge < -0.3 is 23.8 Å². The molecule has 12 nitrogen and oxygen atoms in total. The van der Waals surface area contributed by atoms with Crippen LogP contribution < -0.4 is 19.7 Å². The van der Waals surface area contributed by atoms with Gasteiger partial charge in [0.05, 0.1) is 51.9 Å². The highest BCUT2D eigenvalue weighted by Gasteiger charge is 2.25. The monoisotopic (exact) mass is 465 g/mol. The van der Waals surface area contributed by atoms with E-state index in [4.69, 9.17) is 18.9 Å². The van der Waals surface area contributed by atoms with Crippen molar-refractivity contribution in [3.8, 4) is 11.8 Å². The lowest BCUT2D eigenvalue weighted by Crippen LogP contribution is -2.38. The molecule has 32 heavy (non-hydrogen) atoms. The van der Waals surface area contributed by atoms with Crippen LogP contribution in [0.15, 0.2) is 11.2 Å². The van der Waals surface area contributed by atoms with Crippen LogP contribution in [0.1, 0.15) is 12.8 Å². The third-order valence-electron chi connectivity index (χ3n) is 5.08. The van der Waals surface area contributed by atoms with Gasteiger partial charge in [-0.05, 0) is 12.8 Å². The van der Waals surface area contributed by atoms with Crippen LogP contribution in [-0.2, 0) is 20.8 Å². The second kappa shape index (κ2) is 10.8. The van der Waals surface area contributed by atoms with E-state index in [0.717, 1.165) is 38.5 Å². The molecule has 2 aliphatic rings. The maximum Gasteiger partial charge on any atom is 0.237 e. The maximum absolute atomic E-state index is 12.5. The fraction of sp³-hybridized carbons (Fsp3) is 0.632. The lowest BCUT2D eigenvalue weighted by atomic mass is 10.2. The van der Waals surface area contributed by atoms with Gasteiger partial charge in [-0.25, -0.2) is 0 Å². The molecule has 1 amide bonds. The van der Waals surface area contributed by atoms with Crippen molar-refractivity contribution < 1.29 is 23.7 Å². The summed E-state index contributed by atoms with van der Waals surface area (Å²) in [4.78, 5) is 23.0. The molecule has 2 aromatic heterocycles. The van der Waals surface area contributed by atoms with Gasteiger partial charge in [-0.1, -0.05) is 11.8 Å². The Hall–Kier alpha value is -2.64. The third kappa shape index (κ3) is 5.58. The Bertz CT molecular complexity index is 893. The molecule has 2 saturated heterocycles. The van der Waals surface area contributed by atoms with E-state index >= 15 is 0 Å². The Morgan fingerprint density at radius 3 is 2.59 bits per heavy atom. The first kappa shape index (κ1) is 22.6. The van der Waals surface area contributed by atoms with E-state index in [1.807, 2.05) is 4.57 Å². The molecule has 0 radical (unpaired) electrons. The summed E-state index contributed by atoms with van der Waals surface area (Å²) < 4.78 is 23.6. The highest BCUT2D eigenvalue weighted by Crippen LogP contribution is 2.26. The van der Waals surface area contributed by atoms with Crippen molar-refractivity contribution in [1.29, 1.82) is 0 Å². The quantitative estimate of drug-likeness (QED) is 0.529. The number of hydrogen-bond acceptors (Lipinski definition) is 11.